The molecule has 1 spiro atoms. The van der Waals surface area contributed by atoms with Crippen molar-refractivity contribution in [3.8, 4) is 0 Å². The number of nitrogens with one attached hydrogen (secondary N) is 2. The van der Waals surface area contributed by atoms with Gasteiger partial charge in [0.1, 0.15) is 6.10 Å². The zero-order chi connectivity index (χ0) is 27.6. The number of carbonyl (C=O) groups excluding carboxylic acids is 1. The summed E-state index contributed by atoms with van der Waals surface area (Å²) in [5, 5.41) is 0. The highest BCUT2D eigenvalue weighted by molar-refractivity contribution is 7.89. The number of hydrazine groups is 1. The third-order valence-corrected chi connectivity index (χ3v) is 11.2. The minimum Gasteiger partial charge on any atom is -0.458 e. The van der Waals surface area contributed by atoms with E-state index in [-0.39, 0.29) is 39.6 Å². The lowest BCUT2D eigenvalue weighted by molar-refractivity contribution is -0.229. The van der Waals surface area contributed by atoms with Crippen LogP contribution in [0.2, 0.25) is 0 Å². The molecule has 210 valence electrons. The van der Waals surface area contributed by atoms with Crippen LogP contribution in [0.4, 0.5) is 0 Å². The molecule has 1 aromatic rings. The summed E-state index contributed by atoms with van der Waals surface area (Å²) in [4.78, 5) is 14.6. The molecule has 6 rings (SSSR count). The Morgan fingerprint density at radius 2 is 1.74 bits per heavy atom. The van der Waals surface area contributed by atoms with Crippen LogP contribution in [-0.4, -0.2) is 39.5 Å². The molecule has 1 aliphatic heterocycles. The second kappa shape index (κ2) is 9.29. The van der Waals surface area contributed by atoms with Crippen LogP contribution in [0.25, 0.3) is 0 Å². The summed E-state index contributed by atoms with van der Waals surface area (Å²) in [6.07, 6.45) is 10.1. The summed E-state index contributed by atoms with van der Waals surface area (Å²) < 4.78 is 44.6. The number of rotatable bonds is 5. The Labute approximate surface area is 230 Å². The van der Waals surface area contributed by atoms with E-state index in [2.05, 4.69) is 36.3 Å². The number of sulfonamides is 1. The van der Waals surface area contributed by atoms with Gasteiger partial charge in [-0.25, -0.2) is 8.42 Å². The largest absolute Gasteiger partial charge is 0.458 e. The Morgan fingerprint density at radius 1 is 1.05 bits per heavy atom. The van der Waals surface area contributed by atoms with E-state index >= 15 is 0 Å². The summed E-state index contributed by atoms with van der Waals surface area (Å²) in [6, 6.07) is 6.80. The highest BCUT2D eigenvalue weighted by Crippen LogP contribution is 2.67. The average Bonchev–Trinajstić information content (AvgIpc) is 3.49. The Hall–Kier alpha value is -2.46. The van der Waals surface area contributed by atoms with E-state index in [9.17, 15) is 13.2 Å². The first-order chi connectivity index (χ1) is 18.5. The normalized spacial score (nSPS) is 34.8. The van der Waals surface area contributed by atoms with E-state index in [1.807, 2.05) is 13.0 Å². The molecule has 5 aliphatic rings. The van der Waals surface area contributed by atoms with Crippen molar-refractivity contribution in [3.05, 3.63) is 64.9 Å². The van der Waals surface area contributed by atoms with Gasteiger partial charge in [0, 0.05) is 36.3 Å². The number of esters is 1. The van der Waals surface area contributed by atoms with Gasteiger partial charge in [-0.1, -0.05) is 43.2 Å². The summed E-state index contributed by atoms with van der Waals surface area (Å²) in [6.45, 7) is 9.10. The van der Waals surface area contributed by atoms with E-state index in [1.54, 1.807) is 24.3 Å². The van der Waals surface area contributed by atoms with Crippen molar-refractivity contribution in [1.29, 1.82) is 0 Å². The molecule has 1 aromatic carbocycles. The fourth-order valence-electron chi connectivity index (χ4n) is 7.87. The van der Waals surface area contributed by atoms with Gasteiger partial charge in [-0.05, 0) is 67.9 Å². The van der Waals surface area contributed by atoms with Gasteiger partial charge in [0.2, 0.25) is 0 Å². The second-order valence-electron chi connectivity index (χ2n) is 12.1. The molecule has 0 aromatic heterocycles. The van der Waals surface area contributed by atoms with E-state index < -0.39 is 15.8 Å². The molecule has 3 unspecified atom stereocenters. The predicted octanol–water partition coefficient (Wildman–Crippen LogP) is 4.44. The number of hydrogen-bond acceptors (Lipinski definition) is 7. The summed E-state index contributed by atoms with van der Waals surface area (Å²) in [5.41, 5.74) is 6.82. The number of carbonyl (C=O) groups is 1. The molecule has 39 heavy (non-hydrogen) atoms. The van der Waals surface area contributed by atoms with Gasteiger partial charge >= 0.3 is 5.97 Å². The molecule has 0 amide bonds. The quantitative estimate of drug-likeness (QED) is 0.315. The lowest BCUT2D eigenvalue weighted by Crippen LogP contribution is -2.53. The molecular weight excluding hydrogens is 516 g/mol. The van der Waals surface area contributed by atoms with Gasteiger partial charge in [0.25, 0.3) is 10.0 Å². The molecule has 0 bridgehead atoms. The van der Waals surface area contributed by atoms with Crippen LogP contribution in [0, 0.1) is 29.6 Å². The highest BCUT2D eigenvalue weighted by Gasteiger charge is 2.65. The molecule has 3 fully saturated rings. The molecular formula is C30H38N2O6S. The smallest absolute Gasteiger partial charge is 0.303 e. The first-order valence-corrected chi connectivity index (χ1v) is 15.4. The Balaban J connectivity index is 1.40. The van der Waals surface area contributed by atoms with E-state index in [0.717, 1.165) is 42.5 Å². The van der Waals surface area contributed by atoms with Crippen LogP contribution < -0.4 is 10.3 Å². The molecule has 2 N–H and O–H groups in total. The highest BCUT2D eigenvalue weighted by atomic mass is 32.2. The standard InChI is InChI=1S/C30H38N2O6S/c1-19-5-7-23(8-6-19)39(34,35)32-31-26-18-21-17-22(38-20(2)33)9-12-28(21,3)24-10-13-29(4)25(27(24)26)11-14-30(29)36-15-16-37-30/h5-9,12,18,22,24-25,31-32H,10-11,13-17H2,1-4H3/t22?,24?,25?,28-,29-/m0/s1. The maximum absolute atomic E-state index is 13.2. The van der Waals surface area contributed by atoms with Crippen LogP contribution in [0.1, 0.15) is 58.4 Å². The minimum atomic E-state index is -3.80. The molecule has 9 heteroatoms. The van der Waals surface area contributed by atoms with Crippen LogP contribution >= 0.6 is 0 Å². The Bertz CT molecular complexity index is 1370. The predicted molar refractivity (Wildman–Crippen MR) is 145 cm³/mol. The van der Waals surface area contributed by atoms with Crippen molar-refractivity contribution >= 4 is 16.0 Å². The average molecular weight is 555 g/mol. The third-order valence-electron chi connectivity index (χ3n) is 9.95. The number of hydrogen-bond donors (Lipinski definition) is 2. The molecule has 1 heterocycles. The monoisotopic (exact) mass is 554 g/mol. The lowest BCUT2D eigenvalue weighted by atomic mass is 9.51. The van der Waals surface area contributed by atoms with Gasteiger partial charge in [0.05, 0.1) is 18.1 Å². The fraction of sp³-hybridized carbons (Fsp3) is 0.567. The molecule has 8 nitrogen and oxygen atoms in total. The Kier molecular flexibility index (Phi) is 6.37. The summed E-state index contributed by atoms with van der Waals surface area (Å²) >= 11 is 0. The topological polar surface area (TPSA) is 103 Å². The zero-order valence-corrected chi connectivity index (χ0v) is 23.9. The number of aryl methyl sites for hydroxylation is 1. The SMILES string of the molecule is CC(=O)OC1C=C[C@@]2(C)C(=CC(NNS(=O)(=O)c3ccc(C)cc3)=C3C2CC[C@@]2(C)C3CCC23OCCO3)C1. The van der Waals surface area contributed by atoms with Crippen molar-refractivity contribution in [2.45, 2.75) is 76.6 Å². The summed E-state index contributed by atoms with van der Waals surface area (Å²) in [5.74, 6) is -0.551. The van der Waals surface area contributed by atoms with Crippen molar-refractivity contribution in [3.63, 3.8) is 0 Å². The molecule has 0 radical (unpaired) electrons. The maximum Gasteiger partial charge on any atom is 0.303 e. The van der Waals surface area contributed by atoms with Crippen molar-refractivity contribution in [2.24, 2.45) is 22.7 Å². The molecule has 1 saturated heterocycles. The Morgan fingerprint density at radius 3 is 2.44 bits per heavy atom. The number of fused-ring (bicyclic) bond motifs is 6. The second-order valence-corrected chi connectivity index (χ2v) is 13.8. The van der Waals surface area contributed by atoms with Gasteiger partial charge < -0.3 is 19.6 Å². The van der Waals surface area contributed by atoms with Crippen LogP contribution in [0.3, 0.4) is 0 Å². The first-order valence-electron chi connectivity index (χ1n) is 13.9. The van der Waals surface area contributed by atoms with E-state index in [0.29, 0.717) is 19.6 Å². The van der Waals surface area contributed by atoms with Crippen LogP contribution in [0.5, 0.6) is 0 Å². The van der Waals surface area contributed by atoms with Gasteiger partial charge in [-0.2, -0.15) is 0 Å². The van der Waals surface area contributed by atoms with E-state index in [1.165, 1.54) is 12.5 Å². The third kappa shape index (κ3) is 4.20. The maximum atomic E-state index is 13.2. The first kappa shape index (κ1) is 26.7. The van der Waals surface area contributed by atoms with Gasteiger partial charge in [0.15, 0.2) is 5.79 Å². The molecule has 2 saturated carbocycles. The number of ether oxygens (including phenoxy) is 3. The summed E-state index contributed by atoms with van der Waals surface area (Å²) in [7, 11) is -3.80. The molecule has 5 atom stereocenters. The van der Waals surface area contributed by atoms with Crippen LogP contribution in [-0.2, 0) is 29.0 Å². The zero-order valence-electron chi connectivity index (χ0n) is 23.1. The lowest BCUT2D eigenvalue weighted by Gasteiger charge is -2.55. The van der Waals surface area contributed by atoms with Crippen LogP contribution in [0.15, 0.2) is 64.2 Å². The molecule has 4 aliphatic carbocycles. The van der Waals surface area contributed by atoms with E-state index in [4.69, 9.17) is 14.2 Å². The van der Waals surface area contributed by atoms with Gasteiger partial charge in [-0.3, -0.25) is 4.79 Å². The number of benzene rings is 1. The number of allylic oxidation sites excluding steroid dienone is 3. The van der Waals surface area contributed by atoms with Crippen molar-refractivity contribution in [1.82, 2.24) is 10.3 Å². The minimum absolute atomic E-state index is 0.174. The van der Waals surface area contributed by atoms with Crippen molar-refractivity contribution in [2.75, 3.05) is 13.2 Å². The van der Waals surface area contributed by atoms with Crippen molar-refractivity contribution < 1.29 is 27.4 Å². The van der Waals surface area contributed by atoms with Gasteiger partial charge in [-0.15, -0.1) is 4.83 Å². The fourth-order valence-corrected chi connectivity index (χ4v) is 8.73.